The number of furan rings is 1. The van der Waals surface area contributed by atoms with Gasteiger partial charge in [-0.1, -0.05) is 5.92 Å². The summed E-state index contributed by atoms with van der Waals surface area (Å²) < 4.78 is 31.2. The molecule has 0 saturated carbocycles. The topological polar surface area (TPSA) is 30.2 Å². The van der Waals surface area contributed by atoms with Crippen molar-refractivity contribution in [2.45, 2.75) is 0 Å². The van der Waals surface area contributed by atoms with Gasteiger partial charge in [0.2, 0.25) is 0 Å². The molecule has 2 rings (SSSR count). The van der Waals surface area contributed by atoms with Gasteiger partial charge in [0.15, 0.2) is 23.7 Å². The standard InChI is InChI=1S/C13H6F2O2/c1-2-8-5-11(14)12(15)6-10(8)13-4-3-9(7-16)17-13/h1,3-7H. The second-order valence-corrected chi connectivity index (χ2v) is 3.28. The van der Waals surface area contributed by atoms with E-state index in [0.29, 0.717) is 6.29 Å². The highest BCUT2D eigenvalue weighted by molar-refractivity contribution is 5.74. The molecule has 0 aliphatic rings. The molecule has 0 radical (unpaired) electrons. The Bertz CT molecular complexity index is 621. The Morgan fingerprint density at radius 3 is 2.53 bits per heavy atom. The predicted octanol–water partition coefficient (Wildman–Crippen LogP) is 3.02. The minimum atomic E-state index is -1.02. The van der Waals surface area contributed by atoms with Crippen molar-refractivity contribution in [3.63, 3.8) is 0 Å². The van der Waals surface area contributed by atoms with Crippen LogP contribution < -0.4 is 0 Å². The van der Waals surface area contributed by atoms with E-state index in [4.69, 9.17) is 10.8 Å². The maximum atomic E-state index is 13.1. The first-order valence-corrected chi connectivity index (χ1v) is 4.66. The minimum Gasteiger partial charge on any atom is -0.453 e. The second-order valence-electron chi connectivity index (χ2n) is 3.28. The monoisotopic (exact) mass is 232 g/mol. The number of terminal acetylenes is 1. The fourth-order valence-electron chi connectivity index (χ4n) is 1.43. The molecule has 0 amide bonds. The van der Waals surface area contributed by atoms with E-state index in [1.165, 1.54) is 12.1 Å². The van der Waals surface area contributed by atoms with Crippen molar-refractivity contribution in [1.29, 1.82) is 0 Å². The number of hydrogen-bond acceptors (Lipinski definition) is 2. The molecule has 84 valence electrons. The molecule has 0 bridgehead atoms. The van der Waals surface area contributed by atoms with Crippen molar-refractivity contribution in [2.75, 3.05) is 0 Å². The first kappa shape index (κ1) is 11.1. The van der Waals surface area contributed by atoms with Gasteiger partial charge in [-0.3, -0.25) is 4.79 Å². The van der Waals surface area contributed by atoms with Gasteiger partial charge in [-0.25, -0.2) is 8.78 Å². The molecule has 0 aliphatic heterocycles. The Balaban J connectivity index is 2.62. The zero-order valence-corrected chi connectivity index (χ0v) is 8.54. The highest BCUT2D eigenvalue weighted by atomic mass is 19.2. The average molecular weight is 232 g/mol. The van der Waals surface area contributed by atoms with Gasteiger partial charge in [0.1, 0.15) is 5.76 Å². The van der Waals surface area contributed by atoms with Crippen LogP contribution in [0.5, 0.6) is 0 Å². The SMILES string of the molecule is C#Cc1cc(F)c(F)cc1-c1ccc(C=O)o1. The molecule has 0 atom stereocenters. The maximum absolute atomic E-state index is 13.1. The van der Waals surface area contributed by atoms with Gasteiger partial charge in [0.05, 0.1) is 0 Å². The molecule has 4 heteroatoms. The molecule has 0 spiro atoms. The van der Waals surface area contributed by atoms with E-state index >= 15 is 0 Å². The van der Waals surface area contributed by atoms with Crippen LogP contribution in [0.1, 0.15) is 16.1 Å². The summed E-state index contributed by atoms with van der Waals surface area (Å²) in [4.78, 5) is 10.5. The Kier molecular flexibility index (Phi) is 2.75. The van der Waals surface area contributed by atoms with Crippen LogP contribution in [-0.4, -0.2) is 6.29 Å². The first-order valence-electron chi connectivity index (χ1n) is 4.66. The average Bonchev–Trinajstić information content (AvgIpc) is 2.80. The zero-order chi connectivity index (χ0) is 12.4. The Hall–Kier alpha value is -2.41. The number of hydrogen-bond donors (Lipinski definition) is 0. The Morgan fingerprint density at radius 1 is 1.24 bits per heavy atom. The third kappa shape index (κ3) is 1.95. The van der Waals surface area contributed by atoms with E-state index in [1.54, 1.807) is 0 Å². The smallest absolute Gasteiger partial charge is 0.185 e. The fraction of sp³-hybridized carbons (Fsp3) is 0. The molecule has 0 unspecified atom stereocenters. The molecule has 1 heterocycles. The Morgan fingerprint density at radius 2 is 1.94 bits per heavy atom. The summed E-state index contributed by atoms with van der Waals surface area (Å²) in [5.74, 6) is 0.497. The van der Waals surface area contributed by atoms with Crippen LogP contribution in [-0.2, 0) is 0 Å². The minimum absolute atomic E-state index is 0.0905. The van der Waals surface area contributed by atoms with Crippen molar-refractivity contribution in [3.05, 3.63) is 47.2 Å². The number of aldehydes is 1. The summed E-state index contributed by atoms with van der Waals surface area (Å²) in [6.45, 7) is 0. The summed E-state index contributed by atoms with van der Waals surface area (Å²) in [5.41, 5.74) is 0.398. The van der Waals surface area contributed by atoms with Crippen molar-refractivity contribution in [2.24, 2.45) is 0 Å². The maximum Gasteiger partial charge on any atom is 0.185 e. The number of carbonyl (C=O) groups excluding carboxylic acids is 1. The summed E-state index contributed by atoms with van der Waals surface area (Å²) in [6, 6.07) is 4.74. The summed E-state index contributed by atoms with van der Waals surface area (Å²) in [7, 11) is 0. The van der Waals surface area contributed by atoms with E-state index in [1.807, 2.05) is 0 Å². The van der Waals surface area contributed by atoms with E-state index in [2.05, 4.69) is 5.92 Å². The first-order chi connectivity index (χ1) is 8.15. The third-order valence-corrected chi connectivity index (χ3v) is 2.22. The normalized spacial score (nSPS) is 9.94. The van der Waals surface area contributed by atoms with E-state index in [0.717, 1.165) is 12.1 Å². The molecule has 0 fully saturated rings. The summed E-state index contributed by atoms with van der Waals surface area (Å²) in [5, 5.41) is 0. The lowest BCUT2D eigenvalue weighted by Gasteiger charge is -2.02. The molecular formula is C13H6F2O2. The van der Waals surface area contributed by atoms with Crippen LogP contribution in [0.4, 0.5) is 8.78 Å². The number of rotatable bonds is 2. The van der Waals surface area contributed by atoms with Gasteiger partial charge in [-0.15, -0.1) is 6.42 Å². The highest BCUT2D eigenvalue weighted by Crippen LogP contribution is 2.27. The summed E-state index contributed by atoms with van der Waals surface area (Å²) >= 11 is 0. The molecule has 0 aliphatic carbocycles. The lowest BCUT2D eigenvalue weighted by atomic mass is 10.1. The zero-order valence-electron chi connectivity index (χ0n) is 8.54. The van der Waals surface area contributed by atoms with E-state index in [9.17, 15) is 13.6 Å². The van der Waals surface area contributed by atoms with Gasteiger partial charge < -0.3 is 4.42 Å². The van der Waals surface area contributed by atoms with Crippen molar-refractivity contribution in [1.82, 2.24) is 0 Å². The molecule has 0 N–H and O–H groups in total. The van der Waals surface area contributed by atoms with E-state index in [-0.39, 0.29) is 22.6 Å². The second kappa shape index (κ2) is 4.22. The van der Waals surface area contributed by atoms with Gasteiger partial charge in [0.25, 0.3) is 0 Å². The molecule has 2 aromatic rings. The van der Waals surface area contributed by atoms with Crippen LogP contribution >= 0.6 is 0 Å². The molecular weight excluding hydrogens is 226 g/mol. The molecule has 1 aromatic heterocycles. The molecule has 17 heavy (non-hydrogen) atoms. The molecule has 1 aromatic carbocycles. The highest BCUT2D eigenvalue weighted by Gasteiger charge is 2.13. The van der Waals surface area contributed by atoms with Gasteiger partial charge >= 0.3 is 0 Å². The Labute approximate surface area is 95.9 Å². The quantitative estimate of drug-likeness (QED) is 0.588. The van der Waals surface area contributed by atoms with Crippen LogP contribution in [0.25, 0.3) is 11.3 Å². The van der Waals surface area contributed by atoms with Gasteiger partial charge in [-0.05, 0) is 24.3 Å². The fourth-order valence-corrected chi connectivity index (χ4v) is 1.43. The van der Waals surface area contributed by atoms with Crippen LogP contribution in [0, 0.1) is 24.0 Å². The lowest BCUT2D eigenvalue weighted by molar-refractivity contribution is 0.110. The van der Waals surface area contributed by atoms with Gasteiger partial charge in [-0.2, -0.15) is 0 Å². The lowest BCUT2D eigenvalue weighted by Crippen LogP contribution is -1.90. The number of benzene rings is 1. The number of halogens is 2. The van der Waals surface area contributed by atoms with Crippen molar-refractivity contribution < 1.29 is 18.0 Å². The van der Waals surface area contributed by atoms with Crippen LogP contribution in [0.3, 0.4) is 0 Å². The molecule has 0 saturated heterocycles. The third-order valence-electron chi connectivity index (χ3n) is 2.22. The molecule has 2 nitrogen and oxygen atoms in total. The summed E-state index contributed by atoms with van der Waals surface area (Å²) in [6.07, 6.45) is 5.71. The predicted molar refractivity (Wildman–Crippen MR) is 57.4 cm³/mol. The van der Waals surface area contributed by atoms with E-state index < -0.39 is 11.6 Å². The number of carbonyl (C=O) groups is 1. The van der Waals surface area contributed by atoms with Crippen LogP contribution in [0.2, 0.25) is 0 Å². The van der Waals surface area contributed by atoms with Gasteiger partial charge in [0, 0.05) is 11.1 Å². The van der Waals surface area contributed by atoms with Crippen molar-refractivity contribution >= 4 is 6.29 Å². The van der Waals surface area contributed by atoms with Crippen LogP contribution in [0.15, 0.2) is 28.7 Å². The van der Waals surface area contributed by atoms with Crippen molar-refractivity contribution in [3.8, 4) is 23.7 Å². The largest absolute Gasteiger partial charge is 0.453 e.